The average Bonchev–Trinajstić information content (AvgIpc) is 2.75. The Balaban J connectivity index is 2.10. The maximum Gasteiger partial charge on any atom is 0.303 e. The van der Waals surface area contributed by atoms with Gasteiger partial charge in [0.25, 0.3) is 10.0 Å². The van der Waals surface area contributed by atoms with E-state index in [-0.39, 0.29) is 4.90 Å². The van der Waals surface area contributed by atoms with Crippen LogP contribution in [-0.4, -0.2) is 20.9 Å². The van der Waals surface area contributed by atoms with Crippen molar-refractivity contribution < 1.29 is 17.9 Å². The predicted octanol–water partition coefficient (Wildman–Crippen LogP) is 4.24. The molecule has 0 bridgehead atoms. The van der Waals surface area contributed by atoms with Crippen LogP contribution in [0, 0.1) is 6.92 Å². The zero-order valence-corrected chi connectivity index (χ0v) is 16.2. The second-order valence-corrected chi connectivity index (χ2v) is 8.63. The zero-order valence-electron chi connectivity index (χ0n) is 14.6. The molecule has 1 aliphatic rings. The summed E-state index contributed by atoms with van der Waals surface area (Å²) < 4.78 is 33.2. The van der Waals surface area contributed by atoms with Crippen molar-refractivity contribution in [3.63, 3.8) is 0 Å². The average molecular weight is 394 g/mol. The summed E-state index contributed by atoms with van der Waals surface area (Å²) in [5.41, 5.74) is 2.10. The summed E-state index contributed by atoms with van der Waals surface area (Å²) in [5.74, 6) is -0.407. The number of anilines is 1. The largest absolute Gasteiger partial charge is 0.458 e. The van der Waals surface area contributed by atoms with Gasteiger partial charge >= 0.3 is 5.97 Å². The Labute approximate surface area is 158 Å². The number of ether oxygens (including phenoxy) is 1. The summed E-state index contributed by atoms with van der Waals surface area (Å²) in [6.07, 6.45) is 0.585. The number of sulfonamides is 1. The van der Waals surface area contributed by atoms with Gasteiger partial charge in [-0.25, -0.2) is 8.42 Å². The van der Waals surface area contributed by atoms with Crippen molar-refractivity contribution in [2.75, 3.05) is 10.8 Å². The van der Waals surface area contributed by atoms with E-state index in [1.807, 2.05) is 6.92 Å². The second kappa shape index (κ2) is 7.29. The molecule has 0 saturated heterocycles. The Bertz CT molecular complexity index is 925. The minimum atomic E-state index is -3.73. The number of rotatable bonds is 3. The highest BCUT2D eigenvalue weighted by Crippen LogP contribution is 2.39. The fraction of sp³-hybridized carbons (Fsp3) is 0.316. The Morgan fingerprint density at radius 3 is 2.54 bits per heavy atom. The molecule has 26 heavy (non-hydrogen) atoms. The van der Waals surface area contributed by atoms with Gasteiger partial charge < -0.3 is 4.74 Å². The van der Waals surface area contributed by atoms with E-state index in [0.29, 0.717) is 35.7 Å². The van der Waals surface area contributed by atoms with Gasteiger partial charge in [-0.3, -0.25) is 9.10 Å². The molecule has 0 amide bonds. The van der Waals surface area contributed by atoms with E-state index in [1.165, 1.54) is 11.2 Å². The van der Waals surface area contributed by atoms with Crippen molar-refractivity contribution in [1.82, 2.24) is 0 Å². The first-order valence-electron chi connectivity index (χ1n) is 8.35. The van der Waals surface area contributed by atoms with Gasteiger partial charge in [0.1, 0.15) is 6.10 Å². The van der Waals surface area contributed by atoms with Crippen LogP contribution >= 0.6 is 11.6 Å². The standard InChI is InChI=1S/C19H20ClNO4S/c1-13-5-8-16(9-6-13)26(23,24)21-11-3-4-19(25-14(2)22)17-12-15(20)7-10-18(17)21/h5-10,12,19H,3-4,11H2,1-2H3/t19-/m1/s1. The van der Waals surface area contributed by atoms with Crippen LogP contribution in [-0.2, 0) is 19.6 Å². The molecule has 7 heteroatoms. The van der Waals surface area contributed by atoms with Crippen LogP contribution in [0.4, 0.5) is 5.69 Å². The predicted molar refractivity (Wildman–Crippen MR) is 101 cm³/mol. The highest BCUT2D eigenvalue weighted by Gasteiger charge is 2.32. The van der Waals surface area contributed by atoms with Crippen LogP contribution < -0.4 is 4.31 Å². The molecule has 5 nitrogen and oxygen atoms in total. The fourth-order valence-corrected chi connectivity index (χ4v) is 4.83. The lowest BCUT2D eigenvalue weighted by Gasteiger charge is -2.25. The minimum absolute atomic E-state index is 0.231. The van der Waals surface area contributed by atoms with Gasteiger partial charge in [0.2, 0.25) is 0 Å². The summed E-state index contributed by atoms with van der Waals surface area (Å²) in [6.45, 7) is 3.56. The Hall–Kier alpha value is -2.05. The molecule has 1 atom stereocenters. The first-order chi connectivity index (χ1) is 12.3. The number of fused-ring (bicyclic) bond motifs is 1. The van der Waals surface area contributed by atoms with Crippen LogP contribution in [0.5, 0.6) is 0 Å². The van der Waals surface area contributed by atoms with E-state index in [2.05, 4.69) is 0 Å². The lowest BCUT2D eigenvalue weighted by atomic mass is 10.0. The maximum absolute atomic E-state index is 13.2. The molecule has 0 fully saturated rings. The van der Waals surface area contributed by atoms with E-state index in [4.69, 9.17) is 16.3 Å². The molecule has 1 heterocycles. The lowest BCUT2D eigenvalue weighted by molar-refractivity contribution is -0.147. The van der Waals surface area contributed by atoms with Crippen LogP contribution in [0.2, 0.25) is 5.02 Å². The molecule has 2 aromatic rings. The van der Waals surface area contributed by atoms with Crippen molar-refractivity contribution in [2.24, 2.45) is 0 Å². The second-order valence-electron chi connectivity index (χ2n) is 6.33. The number of hydrogen-bond donors (Lipinski definition) is 0. The third-order valence-corrected chi connectivity index (χ3v) is 6.41. The smallest absolute Gasteiger partial charge is 0.303 e. The van der Waals surface area contributed by atoms with Crippen LogP contribution in [0.15, 0.2) is 47.4 Å². The van der Waals surface area contributed by atoms with Gasteiger partial charge in [0.15, 0.2) is 0 Å². The van der Waals surface area contributed by atoms with Gasteiger partial charge in [-0.15, -0.1) is 0 Å². The molecule has 3 rings (SSSR count). The Morgan fingerprint density at radius 2 is 1.88 bits per heavy atom. The van der Waals surface area contributed by atoms with E-state index in [0.717, 1.165) is 5.56 Å². The molecular weight excluding hydrogens is 374 g/mol. The number of nitrogens with zero attached hydrogens (tertiary/aromatic N) is 1. The van der Waals surface area contributed by atoms with Crippen molar-refractivity contribution in [2.45, 2.75) is 37.7 Å². The Kier molecular flexibility index (Phi) is 5.25. The first-order valence-corrected chi connectivity index (χ1v) is 10.2. The third-order valence-electron chi connectivity index (χ3n) is 4.35. The summed E-state index contributed by atoms with van der Waals surface area (Å²) in [6, 6.07) is 11.8. The monoisotopic (exact) mass is 393 g/mol. The van der Waals surface area contributed by atoms with Gasteiger partial charge in [0, 0.05) is 24.1 Å². The maximum atomic E-state index is 13.2. The number of halogens is 1. The number of hydrogen-bond acceptors (Lipinski definition) is 4. The molecule has 0 unspecified atom stereocenters. The molecule has 0 radical (unpaired) electrons. The lowest BCUT2D eigenvalue weighted by Crippen LogP contribution is -2.31. The van der Waals surface area contributed by atoms with Crippen molar-refractivity contribution in [3.05, 3.63) is 58.6 Å². The molecular formula is C19H20ClNO4S. The molecule has 0 N–H and O–H groups in total. The number of aryl methyl sites for hydroxylation is 1. The summed E-state index contributed by atoms with van der Waals surface area (Å²) in [5, 5.41) is 0.468. The highest BCUT2D eigenvalue weighted by molar-refractivity contribution is 7.92. The zero-order chi connectivity index (χ0) is 18.9. The summed E-state index contributed by atoms with van der Waals surface area (Å²) >= 11 is 6.12. The van der Waals surface area contributed by atoms with Gasteiger partial charge in [-0.2, -0.15) is 0 Å². The van der Waals surface area contributed by atoms with Crippen LogP contribution in [0.3, 0.4) is 0 Å². The highest BCUT2D eigenvalue weighted by atomic mass is 35.5. The SMILES string of the molecule is CC(=O)O[C@@H]1CCCN(S(=O)(=O)c2ccc(C)cc2)c2ccc(Cl)cc21. The number of benzene rings is 2. The van der Waals surface area contributed by atoms with Gasteiger partial charge in [0.05, 0.1) is 10.6 Å². The van der Waals surface area contributed by atoms with E-state index < -0.39 is 22.1 Å². The quantitative estimate of drug-likeness (QED) is 0.731. The molecule has 138 valence electrons. The molecule has 0 aromatic heterocycles. The van der Waals surface area contributed by atoms with E-state index in [1.54, 1.807) is 42.5 Å². The normalized spacial score (nSPS) is 17.3. The summed E-state index contributed by atoms with van der Waals surface area (Å²) in [7, 11) is -3.73. The summed E-state index contributed by atoms with van der Waals surface area (Å²) in [4.78, 5) is 11.7. The fourth-order valence-electron chi connectivity index (χ4n) is 3.12. The van der Waals surface area contributed by atoms with E-state index >= 15 is 0 Å². The number of esters is 1. The van der Waals surface area contributed by atoms with Crippen molar-refractivity contribution >= 4 is 33.3 Å². The van der Waals surface area contributed by atoms with E-state index in [9.17, 15) is 13.2 Å². The first kappa shape index (κ1) is 18.7. The van der Waals surface area contributed by atoms with Crippen LogP contribution in [0.25, 0.3) is 0 Å². The minimum Gasteiger partial charge on any atom is -0.458 e. The number of carbonyl (C=O) groups is 1. The third kappa shape index (κ3) is 3.71. The molecule has 1 aliphatic heterocycles. The molecule has 0 spiro atoms. The topological polar surface area (TPSA) is 63.7 Å². The molecule has 0 saturated carbocycles. The van der Waals surface area contributed by atoms with Crippen molar-refractivity contribution in [1.29, 1.82) is 0 Å². The Morgan fingerprint density at radius 1 is 1.19 bits per heavy atom. The van der Waals surface area contributed by atoms with Crippen molar-refractivity contribution in [3.8, 4) is 0 Å². The molecule has 0 aliphatic carbocycles. The molecule has 2 aromatic carbocycles. The number of carbonyl (C=O) groups excluding carboxylic acids is 1. The van der Waals surface area contributed by atoms with Gasteiger partial charge in [-0.1, -0.05) is 29.3 Å². The van der Waals surface area contributed by atoms with Gasteiger partial charge in [-0.05, 0) is 50.1 Å². The van der Waals surface area contributed by atoms with Crippen LogP contribution in [0.1, 0.15) is 37.0 Å².